The first-order chi connectivity index (χ1) is 10.3. The molecule has 1 aliphatic heterocycles. The van der Waals surface area contributed by atoms with Gasteiger partial charge in [-0.25, -0.2) is 0 Å². The predicted octanol–water partition coefficient (Wildman–Crippen LogP) is 3.37. The third-order valence-corrected chi connectivity index (χ3v) is 4.24. The topological polar surface area (TPSA) is 24.5 Å². The lowest BCUT2D eigenvalue weighted by molar-refractivity contribution is 0.408. The van der Waals surface area contributed by atoms with E-state index >= 15 is 0 Å². The quantitative estimate of drug-likeness (QED) is 0.930. The summed E-state index contributed by atoms with van der Waals surface area (Å²) >= 11 is 0. The van der Waals surface area contributed by atoms with E-state index in [1.165, 1.54) is 16.8 Å². The molecular weight excluding hydrogens is 260 g/mol. The molecule has 3 nitrogen and oxygen atoms in total. The van der Waals surface area contributed by atoms with Gasteiger partial charge in [-0.1, -0.05) is 36.4 Å². The van der Waals surface area contributed by atoms with E-state index < -0.39 is 0 Å². The molecular formula is C18H22N2O. The molecule has 3 rings (SSSR count). The van der Waals surface area contributed by atoms with Crippen LogP contribution >= 0.6 is 0 Å². The number of methoxy groups -OCH3 is 1. The van der Waals surface area contributed by atoms with Crippen molar-refractivity contribution in [3.63, 3.8) is 0 Å². The van der Waals surface area contributed by atoms with E-state index in [9.17, 15) is 0 Å². The standard InChI is InChI=1S/C18H22N2O/c1-19-16-11-12-20(17-9-5-4-8-15(16)17)13-14-7-3-6-10-18(14)21-2/h3-10,16,19H,11-13H2,1-2H3. The summed E-state index contributed by atoms with van der Waals surface area (Å²) in [5.74, 6) is 0.964. The molecule has 0 amide bonds. The number of hydrogen-bond donors (Lipinski definition) is 1. The van der Waals surface area contributed by atoms with Gasteiger partial charge in [0.1, 0.15) is 5.75 Å². The van der Waals surface area contributed by atoms with Crippen LogP contribution in [-0.2, 0) is 6.54 Å². The molecule has 0 spiro atoms. The highest BCUT2D eigenvalue weighted by Gasteiger charge is 2.24. The van der Waals surface area contributed by atoms with Crippen molar-refractivity contribution in [1.29, 1.82) is 0 Å². The van der Waals surface area contributed by atoms with Gasteiger partial charge in [0, 0.05) is 30.4 Å². The fraction of sp³-hybridized carbons (Fsp3) is 0.333. The van der Waals surface area contributed by atoms with Gasteiger partial charge in [-0.2, -0.15) is 0 Å². The van der Waals surface area contributed by atoms with Gasteiger partial charge in [0.05, 0.1) is 7.11 Å². The van der Waals surface area contributed by atoms with Gasteiger partial charge in [0.15, 0.2) is 0 Å². The monoisotopic (exact) mass is 282 g/mol. The van der Waals surface area contributed by atoms with Crippen molar-refractivity contribution in [2.75, 3.05) is 25.6 Å². The van der Waals surface area contributed by atoms with Gasteiger partial charge in [0.25, 0.3) is 0 Å². The van der Waals surface area contributed by atoms with Gasteiger partial charge in [-0.15, -0.1) is 0 Å². The molecule has 1 atom stereocenters. The van der Waals surface area contributed by atoms with Crippen molar-refractivity contribution >= 4 is 5.69 Å². The highest BCUT2D eigenvalue weighted by atomic mass is 16.5. The summed E-state index contributed by atoms with van der Waals surface area (Å²) in [5, 5.41) is 3.42. The molecule has 2 aromatic carbocycles. The Labute approximate surface area is 126 Å². The summed E-state index contributed by atoms with van der Waals surface area (Å²) in [7, 11) is 3.78. The van der Waals surface area contributed by atoms with Crippen LogP contribution in [0.4, 0.5) is 5.69 Å². The number of para-hydroxylation sites is 2. The summed E-state index contributed by atoms with van der Waals surface area (Å²) in [6.07, 6.45) is 1.13. The Morgan fingerprint density at radius 2 is 1.90 bits per heavy atom. The van der Waals surface area contributed by atoms with Crippen LogP contribution in [0.3, 0.4) is 0 Å². The Bertz CT molecular complexity index is 612. The Kier molecular flexibility index (Phi) is 4.11. The normalized spacial score (nSPS) is 17.4. The Hall–Kier alpha value is -2.00. The second kappa shape index (κ2) is 6.19. The first-order valence-electron chi connectivity index (χ1n) is 7.46. The van der Waals surface area contributed by atoms with Crippen molar-refractivity contribution in [3.05, 3.63) is 59.7 Å². The lowest BCUT2D eigenvalue weighted by atomic mass is 9.96. The molecule has 110 valence electrons. The Balaban J connectivity index is 1.90. The highest BCUT2D eigenvalue weighted by Crippen LogP contribution is 2.35. The molecule has 0 radical (unpaired) electrons. The molecule has 0 aliphatic carbocycles. The molecule has 0 aromatic heterocycles. The number of ether oxygens (including phenoxy) is 1. The van der Waals surface area contributed by atoms with Crippen LogP contribution in [0.2, 0.25) is 0 Å². The minimum Gasteiger partial charge on any atom is -0.496 e. The minimum atomic E-state index is 0.454. The Morgan fingerprint density at radius 3 is 2.71 bits per heavy atom. The maximum absolute atomic E-state index is 5.48. The van der Waals surface area contributed by atoms with Crippen molar-refractivity contribution in [3.8, 4) is 5.75 Å². The average molecular weight is 282 g/mol. The minimum absolute atomic E-state index is 0.454. The molecule has 3 heteroatoms. The highest BCUT2D eigenvalue weighted by molar-refractivity contribution is 5.57. The molecule has 0 bridgehead atoms. The van der Waals surface area contributed by atoms with E-state index in [0.717, 1.165) is 25.3 Å². The van der Waals surface area contributed by atoms with Crippen LogP contribution in [0.15, 0.2) is 48.5 Å². The molecule has 21 heavy (non-hydrogen) atoms. The first-order valence-corrected chi connectivity index (χ1v) is 7.46. The van der Waals surface area contributed by atoms with Gasteiger partial charge < -0.3 is 15.0 Å². The SMILES string of the molecule is CNC1CCN(Cc2ccccc2OC)c2ccccc21. The molecule has 1 heterocycles. The van der Waals surface area contributed by atoms with Crippen LogP contribution < -0.4 is 15.0 Å². The maximum atomic E-state index is 5.48. The summed E-state index contributed by atoms with van der Waals surface area (Å²) in [6.45, 7) is 1.94. The maximum Gasteiger partial charge on any atom is 0.123 e. The van der Waals surface area contributed by atoms with E-state index in [-0.39, 0.29) is 0 Å². The fourth-order valence-corrected chi connectivity index (χ4v) is 3.13. The van der Waals surface area contributed by atoms with Gasteiger partial charge >= 0.3 is 0 Å². The first kappa shape index (κ1) is 14.0. The number of nitrogens with one attached hydrogen (secondary N) is 1. The van der Waals surface area contributed by atoms with Crippen LogP contribution in [0, 0.1) is 0 Å². The zero-order chi connectivity index (χ0) is 14.7. The number of benzene rings is 2. The van der Waals surface area contributed by atoms with Crippen molar-refractivity contribution in [2.24, 2.45) is 0 Å². The van der Waals surface area contributed by atoms with Crippen LogP contribution in [-0.4, -0.2) is 20.7 Å². The van der Waals surface area contributed by atoms with E-state index in [1.807, 2.05) is 19.2 Å². The number of hydrogen-bond acceptors (Lipinski definition) is 3. The molecule has 1 N–H and O–H groups in total. The molecule has 0 saturated heterocycles. The zero-order valence-corrected chi connectivity index (χ0v) is 12.7. The van der Waals surface area contributed by atoms with Crippen LogP contribution in [0.5, 0.6) is 5.75 Å². The van der Waals surface area contributed by atoms with Gasteiger partial charge in [-0.3, -0.25) is 0 Å². The van der Waals surface area contributed by atoms with Crippen molar-refractivity contribution in [2.45, 2.75) is 19.0 Å². The lowest BCUT2D eigenvalue weighted by Gasteiger charge is -2.36. The number of anilines is 1. The summed E-state index contributed by atoms with van der Waals surface area (Å²) < 4.78 is 5.48. The molecule has 2 aromatic rings. The Morgan fingerprint density at radius 1 is 1.14 bits per heavy atom. The molecule has 1 aliphatic rings. The molecule has 1 unspecified atom stereocenters. The van der Waals surface area contributed by atoms with Crippen LogP contribution in [0.1, 0.15) is 23.6 Å². The van der Waals surface area contributed by atoms with Crippen molar-refractivity contribution in [1.82, 2.24) is 5.32 Å². The van der Waals surface area contributed by atoms with Crippen molar-refractivity contribution < 1.29 is 4.74 Å². The summed E-state index contributed by atoms with van der Waals surface area (Å²) in [6, 6.07) is 17.4. The van der Waals surface area contributed by atoms with E-state index in [4.69, 9.17) is 4.74 Å². The van der Waals surface area contributed by atoms with E-state index in [1.54, 1.807) is 7.11 Å². The fourth-order valence-electron chi connectivity index (χ4n) is 3.13. The van der Waals surface area contributed by atoms with Gasteiger partial charge in [0.2, 0.25) is 0 Å². The van der Waals surface area contributed by atoms with Crippen LogP contribution in [0.25, 0.3) is 0 Å². The number of fused-ring (bicyclic) bond motifs is 1. The third kappa shape index (κ3) is 2.74. The average Bonchev–Trinajstić information content (AvgIpc) is 2.55. The van der Waals surface area contributed by atoms with Gasteiger partial charge in [-0.05, 0) is 31.2 Å². The smallest absolute Gasteiger partial charge is 0.123 e. The van der Waals surface area contributed by atoms with E-state index in [2.05, 4.69) is 46.6 Å². The molecule has 0 fully saturated rings. The molecule has 0 saturated carbocycles. The number of nitrogens with zero attached hydrogens (tertiary/aromatic N) is 1. The largest absolute Gasteiger partial charge is 0.496 e. The number of rotatable bonds is 4. The summed E-state index contributed by atoms with van der Waals surface area (Å²) in [5.41, 5.74) is 3.95. The summed E-state index contributed by atoms with van der Waals surface area (Å²) in [4.78, 5) is 2.45. The second-order valence-electron chi connectivity index (χ2n) is 5.42. The third-order valence-electron chi connectivity index (χ3n) is 4.24. The lowest BCUT2D eigenvalue weighted by Crippen LogP contribution is -2.34. The zero-order valence-electron chi connectivity index (χ0n) is 12.7. The second-order valence-corrected chi connectivity index (χ2v) is 5.42. The predicted molar refractivity (Wildman–Crippen MR) is 86.9 cm³/mol. The van der Waals surface area contributed by atoms with E-state index in [0.29, 0.717) is 6.04 Å².